The van der Waals surface area contributed by atoms with E-state index in [-0.39, 0.29) is 11.3 Å². The largest absolute Gasteiger partial charge is 0.507 e. The van der Waals surface area contributed by atoms with Crippen LogP contribution in [0.3, 0.4) is 0 Å². The minimum absolute atomic E-state index is 0.0550. The van der Waals surface area contributed by atoms with Gasteiger partial charge in [-0.25, -0.2) is 0 Å². The fourth-order valence-electron chi connectivity index (χ4n) is 2.22. The smallest absolute Gasteiger partial charge is 0.261 e. The van der Waals surface area contributed by atoms with Crippen molar-refractivity contribution < 1.29 is 9.90 Å². The number of phenolic OH excluding ortho intramolecular Hbond substituents is 1. The molecule has 2 N–H and O–H groups in total. The first-order valence-corrected chi connectivity index (χ1v) is 7.91. The predicted molar refractivity (Wildman–Crippen MR) is 90.0 cm³/mol. The topological polar surface area (TPSA) is 75.1 Å². The maximum absolute atomic E-state index is 12.3. The number of phenols is 1. The molecule has 0 bridgehead atoms. The Morgan fingerprint density at radius 3 is 2.61 bits per heavy atom. The van der Waals surface area contributed by atoms with Crippen molar-refractivity contribution >= 4 is 22.4 Å². The number of rotatable bonds is 4. The van der Waals surface area contributed by atoms with Crippen LogP contribution in [0.15, 0.2) is 48.5 Å². The van der Waals surface area contributed by atoms with E-state index in [1.807, 2.05) is 43.3 Å². The van der Waals surface area contributed by atoms with Crippen molar-refractivity contribution in [1.29, 1.82) is 0 Å². The summed E-state index contributed by atoms with van der Waals surface area (Å²) in [7, 11) is 0. The Kier molecular flexibility index (Phi) is 4.34. The SMILES string of the molecule is Cc1nnc(NC(=O)c2cc(Cc3ccccc3)ccc2O)s1. The molecule has 2 aromatic carbocycles. The van der Waals surface area contributed by atoms with Gasteiger partial charge in [-0.15, -0.1) is 10.2 Å². The molecule has 0 aliphatic heterocycles. The van der Waals surface area contributed by atoms with Crippen molar-refractivity contribution in [3.63, 3.8) is 0 Å². The lowest BCUT2D eigenvalue weighted by Gasteiger charge is -2.07. The molecule has 0 spiro atoms. The summed E-state index contributed by atoms with van der Waals surface area (Å²) in [5, 5.41) is 21.5. The van der Waals surface area contributed by atoms with Crippen molar-refractivity contribution in [1.82, 2.24) is 10.2 Å². The molecule has 1 amide bonds. The number of nitrogens with zero attached hydrogens (tertiary/aromatic N) is 2. The normalized spacial score (nSPS) is 10.5. The van der Waals surface area contributed by atoms with Gasteiger partial charge in [0.1, 0.15) is 10.8 Å². The van der Waals surface area contributed by atoms with E-state index >= 15 is 0 Å². The maximum Gasteiger partial charge on any atom is 0.261 e. The van der Waals surface area contributed by atoms with Gasteiger partial charge in [0.05, 0.1) is 5.56 Å². The minimum atomic E-state index is -0.395. The van der Waals surface area contributed by atoms with E-state index in [1.54, 1.807) is 12.1 Å². The number of carbonyl (C=O) groups excluding carboxylic acids is 1. The van der Waals surface area contributed by atoms with Crippen LogP contribution in [0, 0.1) is 6.92 Å². The van der Waals surface area contributed by atoms with Crippen LogP contribution in [0.1, 0.15) is 26.5 Å². The van der Waals surface area contributed by atoms with Crippen LogP contribution in [0.5, 0.6) is 5.75 Å². The van der Waals surface area contributed by atoms with Gasteiger partial charge >= 0.3 is 0 Å². The molecule has 0 radical (unpaired) electrons. The first kappa shape index (κ1) is 15.2. The Bertz CT molecular complexity index is 831. The third-order valence-corrected chi connectivity index (χ3v) is 4.06. The standard InChI is InChI=1S/C17H15N3O2S/c1-11-19-20-17(23-11)18-16(22)14-10-13(7-8-15(14)21)9-12-5-3-2-4-6-12/h2-8,10,21H,9H2,1H3,(H,18,20,22). The summed E-state index contributed by atoms with van der Waals surface area (Å²) < 4.78 is 0. The van der Waals surface area contributed by atoms with Gasteiger partial charge in [-0.3, -0.25) is 10.1 Å². The van der Waals surface area contributed by atoms with Gasteiger partial charge in [0.15, 0.2) is 0 Å². The Morgan fingerprint density at radius 1 is 1.13 bits per heavy atom. The average Bonchev–Trinajstić information content (AvgIpc) is 2.95. The quantitative estimate of drug-likeness (QED) is 0.771. The molecule has 0 saturated heterocycles. The second-order valence-electron chi connectivity index (χ2n) is 5.09. The third kappa shape index (κ3) is 3.73. The fraction of sp³-hybridized carbons (Fsp3) is 0.118. The molecule has 3 aromatic rings. The number of carbonyl (C=O) groups is 1. The zero-order chi connectivity index (χ0) is 16.2. The van der Waals surface area contributed by atoms with Crippen molar-refractivity contribution in [2.24, 2.45) is 0 Å². The van der Waals surface area contributed by atoms with Crippen LogP contribution < -0.4 is 5.32 Å². The van der Waals surface area contributed by atoms with Crippen molar-refractivity contribution in [2.75, 3.05) is 5.32 Å². The second kappa shape index (κ2) is 6.58. The van der Waals surface area contributed by atoms with Crippen LogP contribution in [-0.2, 0) is 6.42 Å². The molecule has 6 heteroatoms. The van der Waals surface area contributed by atoms with Crippen LogP contribution >= 0.6 is 11.3 Å². The van der Waals surface area contributed by atoms with E-state index in [2.05, 4.69) is 15.5 Å². The van der Waals surface area contributed by atoms with Gasteiger partial charge in [0, 0.05) is 0 Å². The van der Waals surface area contributed by atoms with E-state index in [0.717, 1.165) is 16.1 Å². The molecule has 23 heavy (non-hydrogen) atoms. The van der Waals surface area contributed by atoms with Crippen LogP contribution in [0.2, 0.25) is 0 Å². The Hall–Kier alpha value is -2.73. The number of amides is 1. The zero-order valence-corrected chi connectivity index (χ0v) is 13.3. The summed E-state index contributed by atoms with van der Waals surface area (Å²) >= 11 is 1.29. The average molecular weight is 325 g/mol. The summed E-state index contributed by atoms with van der Waals surface area (Å²) in [6.07, 6.45) is 0.694. The van der Waals surface area contributed by atoms with Gasteiger partial charge in [0.2, 0.25) is 5.13 Å². The van der Waals surface area contributed by atoms with Gasteiger partial charge in [-0.1, -0.05) is 47.7 Å². The lowest BCUT2D eigenvalue weighted by Crippen LogP contribution is -2.12. The lowest BCUT2D eigenvalue weighted by molar-refractivity contribution is 0.102. The Labute approximate surface area is 137 Å². The molecule has 0 fully saturated rings. The number of benzene rings is 2. The highest BCUT2D eigenvalue weighted by Crippen LogP contribution is 2.22. The highest BCUT2D eigenvalue weighted by molar-refractivity contribution is 7.15. The molecule has 0 aliphatic carbocycles. The number of anilines is 1. The van der Waals surface area contributed by atoms with Gasteiger partial charge in [0.25, 0.3) is 5.91 Å². The van der Waals surface area contributed by atoms with Gasteiger partial charge in [-0.05, 0) is 36.6 Å². The van der Waals surface area contributed by atoms with Crippen molar-refractivity contribution in [2.45, 2.75) is 13.3 Å². The van der Waals surface area contributed by atoms with Gasteiger partial charge < -0.3 is 5.11 Å². The molecular weight excluding hydrogens is 310 g/mol. The molecule has 3 rings (SSSR count). The van der Waals surface area contributed by atoms with Crippen LogP contribution in [-0.4, -0.2) is 21.2 Å². The summed E-state index contributed by atoms with van der Waals surface area (Å²) in [4.78, 5) is 12.3. The second-order valence-corrected chi connectivity index (χ2v) is 6.28. The third-order valence-electron chi connectivity index (χ3n) is 3.30. The number of aryl methyl sites for hydroxylation is 1. The molecule has 0 saturated carbocycles. The molecule has 0 unspecified atom stereocenters. The van der Waals surface area contributed by atoms with E-state index in [1.165, 1.54) is 11.3 Å². The number of aromatic nitrogens is 2. The molecular formula is C17H15N3O2S. The highest BCUT2D eigenvalue weighted by Gasteiger charge is 2.14. The number of nitrogens with one attached hydrogen (secondary N) is 1. The van der Waals surface area contributed by atoms with E-state index < -0.39 is 5.91 Å². The van der Waals surface area contributed by atoms with Crippen molar-refractivity contribution in [3.05, 3.63) is 70.2 Å². The fourth-order valence-corrected chi connectivity index (χ4v) is 2.80. The summed E-state index contributed by atoms with van der Waals surface area (Å²) in [6.45, 7) is 1.81. The molecule has 0 aliphatic rings. The Balaban J connectivity index is 1.81. The van der Waals surface area contributed by atoms with Gasteiger partial charge in [-0.2, -0.15) is 0 Å². The Morgan fingerprint density at radius 2 is 1.91 bits per heavy atom. The molecule has 0 atom stereocenters. The molecule has 1 aromatic heterocycles. The van der Waals surface area contributed by atoms with Crippen LogP contribution in [0.4, 0.5) is 5.13 Å². The first-order valence-electron chi connectivity index (χ1n) is 7.09. The number of hydrogen-bond donors (Lipinski definition) is 2. The predicted octanol–water partition coefficient (Wildman–Crippen LogP) is 3.40. The lowest BCUT2D eigenvalue weighted by atomic mass is 10.0. The van der Waals surface area contributed by atoms with E-state index in [0.29, 0.717) is 11.6 Å². The maximum atomic E-state index is 12.3. The monoisotopic (exact) mass is 325 g/mol. The molecule has 5 nitrogen and oxygen atoms in total. The zero-order valence-electron chi connectivity index (χ0n) is 12.5. The van der Waals surface area contributed by atoms with E-state index in [9.17, 15) is 9.90 Å². The molecule has 1 heterocycles. The molecule has 116 valence electrons. The highest BCUT2D eigenvalue weighted by atomic mass is 32.1. The minimum Gasteiger partial charge on any atom is -0.507 e. The summed E-state index contributed by atoms with van der Waals surface area (Å²) in [6, 6.07) is 15.0. The number of aromatic hydroxyl groups is 1. The first-order chi connectivity index (χ1) is 11.1. The summed E-state index contributed by atoms with van der Waals surface area (Å²) in [5.41, 5.74) is 2.32. The van der Waals surface area contributed by atoms with Crippen LogP contribution in [0.25, 0.3) is 0 Å². The van der Waals surface area contributed by atoms with E-state index in [4.69, 9.17) is 0 Å². The number of hydrogen-bond acceptors (Lipinski definition) is 5. The van der Waals surface area contributed by atoms with Crippen molar-refractivity contribution in [3.8, 4) is 5.75 Å². The summed E-state index contributed by atoms with van der Waals surface area (Å²) in [5.74, 6) is -0.450.